The summed E-state index contributed by atoms with van der Waals surface area (Å²) in [5.41, 5.74) is 2.24. The lowest BCUT2D eigenvalue weighted by atomic mass is 10.2. The topological polar surface area (TPSA) is 24.0 Å². The van der Waals surface area contributed by atoms with Gasteiger partial charge in [-0.1, -0.05) is 12.1 Å². The number of H-pyrrole nitrogens is 1. The van der Waals surface area contributed by atoms with E-state index in [2.05, 4.69) is 22.0 Å². The van der Waals surface area contributed by atoms with Gasteiger partial charge in [-0.2, -0.15) is 0 Å². The molecule has 1 N–H and O–H groups in total. The van der Waals surface area contributed by atoms with Crippen molar-refractivity contribution in [3.63, 3.8) is 0 Å². The second-order valence-electron chi connectivity index (χ2n) is 3.52. The van der Waals surface area contributed by atoms with Gasteiger partial charge in [0.05, 0.1) is 11.4 Å². The smallest absolute Gasteiger partial charge is 0.181 e. The Morgan fingerprint density at radius 3 is 2.60 bits per heavy atom. The first-order chi connectivity index (χ1) is 7.20. The third-order valence-corrected chi connectivity index (χ3v) is 2.59. The van der Waals surface area contributed by atoms with Crippen LogP contribution in [0.3, 0.4) is 0 Å². The summed E-state index contributed by atoms with van der Waals surface area (Å²) in [4.78, 5) is 5.07. The lowest BCUT2D eigenvalue weighted by molar-refractivity contribution is 1.01. The van der Waals surface area contributed by atoms with E-state index < -0.39 is 0 Å². The van der Waals surface area contributed by atoms with E-state index in [9.17, 15) is 0 Å². The zero-order valence-corrected chi connectivity index (χ0v) is 9.58. The SMILES string of the molecule is CN(C)c1ccccc1-n1cc[nH]c1=S. The third kappa shape index (κ3) is 1.80. The highest BCUT2D eigenvalue weighted by Gasteiger charge is 2.05. The van der Waals surface area contributed by atoms with Crippen LogP contribution in [-0.4, -0.2) is 23.6 Å². The Morgan fingerprint density at radius 2 is 2.00 bits per heavy atom. The van der Waals surface area contributed by atoms with E-state index in [1.54, 1.807) is 0 Å². The Hall–Kier alpha value is -1.55. The van der Waals surface area contributed by atoms with Crippen molar-refractivity contribution in [1.82, 2.24) is 9.55 Å². The Morgan fingerprint density at radius 1 is 1.27 bits per heavy atom. The average Bonchev–Trinajstić information content (AvgIpc) is 2.64. The van der Waals surface area contributed by atoms with Gasteiger partial charge in [-0.3, -0.25) is 4.57 Å². The van der Waals surface area contributed by atoms with Crippen molar-refractivity contribution in [2.75, 3.05) is 19.0 Å². The molecule has 0 radical (unpaired) electrons. The van der Waals surface area contributed by atoms with Gasteiger partial charge in [0.1, 0.15) is 0 Å². The second kappa shape index (κ2) is 3.90. The van der Waals surface area contributed by atoms with Crippen molar-refractivity contribution >= 4 is 17.9 Å². The molecule has 0 aliphatic heterocycles. The van der Waals surface area contributed by atoms with Crippen LogP contribution in [-0.2, 0) is 0 Å². The van der Waals surface area contributed by atoms with Crippen LogP contribution in [0.15, 0.2) is 36.7 Å². The highest BCUT2D eigenvalue weighted by atomic mass is 32.1. The molecule has 1 heterocycles. The van der Waals surface area contributed by atoms with Crippen LogP contribution in [0.5, 0.6) is 0 Å². The molecule has 4 heteroatoms. The van der Waals surface area contributed by atoms with Crippen LogP contribution < -0.4 is 4.90 Å². The minimum Gasteiger partial charge on any atom is -0.376 e. The quantitative estimate of drug-likeness (QED) is 0.785. The Labute approximate surface area is 94.0 Å². The standard InChI is InChI=1S/C11H13N3S/c1-13(2)9-5-3-4-6-10(9)14-8-7-12-11(14)15/h3-8H,1-2H3,(H,12,15). The number of imidazole rings is 1. The van der Waals surface area contributed by atoms with Crippen molar-refractivity contribution in [3.05, 3.63) is 41.4 Å². The molecule has 0 spiro atoms. The molecular weight excluding hydrogens is 206 g/mol. The fraction of sp³-hybridized carbons (Fsp3) is 0.182. The van der Waals surface area contributed by atoms with E-state index >= 15 is 0 Å². The summed E-state index contributed by atoms with van der Waals surface area (Å²) < 4.78 is 2.68. The largest absolute Gasteiger partial charge is 0.376 e. The summed E-state index contributed by atoms with van der Waals surface area (Å²) in [6, 6.07) is 8.16. The predicted molar refractivity (Wildman–Crippen MR) is 65.3 cm³/mol. The second-order valence-corrected chi connectivity index (χ2v) is 3.91. The maximum absolute atomic E-state index is 5.20. The summed E-state index contributed by atoms with van der Waals surface area (Å²) >= 11 is 5.20. The van der Waals surface area contributed by atoms with Crippen molar-refractivity contribution in [1.29, 1.82) is 0 Å². The number of anilines is 1. The number of hydrogen-bond donors (Lipinski definition) is 1. The number of benzene rings is 1. The van der Waals surface area contributed by atoms with E-state index in [-0.39, 0.29) is 0 Å². The predicted octanol–water partition coefficient (Wildman–Crippen LogP) is 2.60. The summed E-state index contributed by atoms with van der Waals surface area (Å²) in [5.74, 6) is 0. The van der Waals surface area contributed by atoms with Gasteiger partial charge in [0.25, 0.3) is 0 Å². The molecule has 0 saturated carbocycles. The average molecular weight is 219 g/mol. The molecule has 0 bridgehead atoms. The summed E-state index contributed by atoms with van der Waals surface area (Å²) in [5, 5.41) is 0. The van der Waals surface area contributed by atoms with Crippen LogP contribution in [0.25, 0.3) is 5.69 Å². The molecule has 2 aromatic rings. The molecule has 2 rings (SSSR count). The van der Waals surface area contributed by atoms with Gasteiger partial charge < -0.3 is 9.88 Å². The Balaban J connectivity index is 2.63. The van der Waals surface area contributed by atoms with Crippen molar-refractivity contribution in [2.24, 2.45) is 0 Å². The molecule has 78 valence electrons. The number of nitrogens with one attached hydrogen (secondary N) is 1. The fourth-order valence-electron chi connectivity index (χ4n) is 1.56. The van der Waals surface area contributed by atoms with E-state index in [1.165, 1.54) is 0 Å². The molecule has 0 aliphatic rings. The summed E-state index contributed by atoms with van der Waals surface area (Å²) in [6.45, 7) is 0. The first-order valence-corrected chi connectivity index (χ1v) is 5.14. The molecule has 0 saturated heterocycles. The van der Waals surface area contributed by atoms with Gasteiger partial charge in [0.2, 0.25) is 0 Å². The molecule has 0 atom stereocenters. The molecule has 0 amide bonds. The van der Waals surface area contributed by atoms with Crippen molar-refractivity contribution < 1.29 is 0 Å². The third-order valence-electron chi connectivity index (χ3n) is 2.27. The minimum atomic E-state index is 0.712. The van der Waals surface area contributed by atoms with E-state index in [4.69, 9.17) is 12.2 Å². The first-order valence-electron chi connectivity index (χ1n) is 4.73. The molecular formula is C11H13N3S. The highest BCUT2D eigenvalue weighted by Crippen LogP contribution is 2.22. The molecule has 15 heavy (non-hydrogen) atoms. The summed E-state index contributed by atoms with van der Waals surface area (Å²) in [6.07, 6.45) is 3.78. The molecule has 0 unspecified atom stereocenters. The Bertz CT molecular complexity index is 510. The van der Waals surface area contributed by atoms with E-state index in [1.807, 2.05) is 43.2 Å². The number of hydrogen-bond acceptors (Lipinski definition) is 2. The lowest BCUT2D eigenvalue weighted by Gasteiger charge is -2.17. The van der Waals surface area contributed by atoms with Gasteiger partial charge >= 0.3 is 0 Å². The summed E-state index contributed by atoms with van der Waals surface area (Å²) in [7, 11) is 4.05. The maximum atomic E-state index is 5.20. The number of rotatable bonds is 2. The lowest BCUT2D eigenvalue weighted by Crippen LogP contribution is -2.11. The molecule has 0 aliphatic carbocycles. The highest BCUT2D eigenvalue weighted by molar-refractivity contribution is 7.71. The molecule has 3 nitrogen and oxygen atoms in total. The zero-order chi connectivity index (χ0) is 10.8. The number of aromatic nitrogens is 2. The van der Waals surface area contributed by atoms with Crippen molar-refractivity contribution in [3.8, 4) is 5.69 Å². The van der Waals surface area contributed by atoms with Gasteiger partial charge in [-0.15, -0.1) is 0 Å². The number of para-hydroxylation sites is 2. The van der Waals surface area contributed by atoms with Crippen LogP contribution >= 0.6 is 12.2 Å². The Kier molecular flexibility index (Phi) is 2.60. The minimum absolute atomic E-state index is 0.712. The first kappa shape index (κ1) is 9.98. The van der Waals surface area contributed by atoms with Gasteiger partial charge in [-0.25, -0.2) is 0 Å². The van der Waals surface area contributed by atoms with Gasteiger partial charge in [0.15, 0.2) is 4.77 Å². The van der Waals surface area contributed by atoms with E-state index in [0.717, 1.165) is 11.4 Å². The van der Waals surface area contributed by atoms with Crippen LogP contribution in [0.1, 0.15) is 0 Å². The maximum Gasteiger partial charge on any atom is 0.181 e. The normalized spacial score (nSPS) is 10.3. The number of aromatic amines is 1. The monoisotopic (exact) mass is 219 g/mol. The van der Waals surface area contributed by atoms with Crippen LogP contribution in [0, 0.1) is 4.77 Å². The molecule has 1 aromatic carbocycles. The number of nitrogens with zero attached hydrogens (tertiary/aromatic N) is 2. The molecule has 1 aromatic heterocycles. The van der Waals surface area contributed by atoms with Crippen LogP contribution in [0.4, 0.5) is 5.69 Å². The van der Waals surface area contributed by atoms with Gasteiger partial charge in [-0.05, 0) is 24.4 Å². The zero-order valence-electron chi connectivity index (χ0n) is 8.77. The van der Waals surface area contributed by atoms with Crippen LogP contribution in [0.2, 0.25) is 0 Å². The fourth-order valence-corrected chi connectivity index (χ4v) is 1.78. The van der Waals surface area contributed by atoms with E-state index in [0.29, 0.717) is 4.77 Å². The van der Waals surface area contributed by atoms with Crippen molar-refractivity contribution in [2.45, 2.75) is 0 Å². The molecule has 0 fully saturated rings. The van der Waals surface area contributed by atoms with Gasteiger partial charge in [0, 0.05) is 26.5 Å².